The number of aryl methyl sites for hydroxylation is 1. The van der Waals surface area contributed by atoms with Gasteiger partial charge in [0, 0.05) is 82.2 Å². The summed E-state index contributed by atoms with van der Waals surface area (Å²) in [6.07, 6.45) is 16.2. The van der Waals surface area contributed by atoms with E-state index >= 15 is 0 Å². The average Bonchev–Trinajstić information content (AvgIpc) is 3.51. The fourth-order valence-electron chi connectivity index (χ4n) is 6.31. The van der Waals surface area contributed by atoms with Crippen molar-refractivity contribution in [1.82, 2.24) is 30.4 Å². The predicted octanol–water partition coefficient (Wildman–Crippen LogP) is 7.34. The fraction of sp³-hybridized carbons (Fsp3) is 0.390. The summed E-state index contributed by atoms with van der Waals surface area (Å²) in [6.45, 7) is 16.3. The minimum absolute atomic E-state index is 0.795. The Morgan fingerprint density at radius 3 is 2.32 bits per heavy atom. The first kappa shape index (κ1) is 34.5. The lowest BCUT2D eigenvalue weighted by atomic mass is 10.0. The van der Waals surface area contributed by atoms with Gasteiger partial charge < -0.3 is 15.6 Å². The Morgan fingerprint density at radius 2 is 1.57 bits per heavy atom. The summed E-state index contributed by atoms with van der Waals surface area (Å²) < 4.78 is 0. The van der Waals surface area contributed by atoms with Crippen LogP contribution in [0.3, 0.4) is 0 Å². The summed E-state index contributed by atoms with van der Waals surface area (Å²) in [7, 11) is 0. The number of nitrogens with one attached hydrogen (secondary N) is 3. The molecule has 1 aliphatic carbocycles. The molecule has 5 rings (SSSR count). The molecule has 0 bridgehead atoms. The van der Waals surface area contributed by atoms with Crippen molar-refractivity contribution in [2.24, 2.45) is 0 Å². The van der Waals surface area contributed by atoms with Gasteiger partial charge in [-0.1, -0.05) is 85.3 Å². The van der Waals surface area contributed by atoms with E-state index in [1.54, 1.807) is 0 Å². The summed E-state index contributed by atoms with van der Waals surface area (Å²) in [4.78, 5) is 13.1. The lowest BCUT2D eigenvalue weighted by Gasteiger charge is -2.24. The molecule has 0 radical (unpaired) electrons. The number of allylic oxidation sites excluding steroid dienone is 4. The molecule has 0 saturated carbocycles. The van der Waals surface area contributed by atoms with E-state index in [1.807, 2.05) is 12.3 Å². The zero-order valence-electron chi connectivity index (χ0n) is 28.8. The first-order valence-corrected chi connectivity index (χ1v) is 17.5. The summed E-state index contributed by atoms with van der Waals surface area (Å²) in [5, 5.41) is 8.68. The first-order chi connectivity index (χ1) is 23.1. The topological polar surface area (TPSA) is 59.2 Å². The van der Waals surface area contributed by atoms with Crippen LogP contribution >= 0.6 is 0 Å². The predicted molar refractivity (Wildman–Crippen MR) is 198 cm³/mol. The molecule has 2 aromatic heterocycles. The van der Waals surface area contributed by atoms with Crippen molar-refractivity contribution in [1.29, 1.82) is 0 Å². The average molecular weight is 631 g/mol. The second kappa shape index (κ2) is 18.5. The Kier molecular flexibility index (Phi) is 13.6. The molecule has 0 spiro atoms. The van der Waals surface area contributed by atoms with Crippen LogP contribution < -0.4 is 10.6 Å². The number of aromatic amines is 1. The van der Waals surface area contributed by atoms with E-state index in [-0.39, 0.29) is 0 Å². The maximum Gasteiger partial charge on any atom is 0.0541 e. The van der Waals surface area contributed by atoms with Gasteiger partial charge in [-0.3, -0.25) is 14.8 Å². The first-order valence-electron chi connectivity index (χ1n) is 17.5. The van der Waals surface area contributed by atoms with E-state index in [0.717, 1.165) is 90.4 Å². The number of pyridine rings is 1. The molecule has 4 aromatic rings. The highest BCUT2D eigenvalue weighted by Gasteiger charge is 2.11. The Balaban J connectivity index is 1.13. The van der Waals surface area contributed by atoms with Crippen LogP contribution in [0, 0.1) is 6.92 Å². The number of likely N-dealkylation sites (N-methyl/N-ethyl adjacent to an activating group) is 1. The Hall–Kier alpha value is -3.81. The molecule has 2 aromatic carbocycles. The zero-order chi connectivity index (χ0) is 32.7. The molecule has 2 heterocycles. The lowest BCUT2D eigenvalue weighted by Crippen LogP contribution is -2.37. The SMILES string of the molecule is CCN(CCc1c[nH]c2c(C)cccc12)Cc1ccc(CN(CCNCC2=C(/C)CC/C=C/C=C\2)CCNCc2ccccn2)cc1. The van der Waals surface area contributed by atoms with Gasteiger partial charge in [-0.25, -0.2) is 0 Å². The second-order valence-corrected chi connectivity index (χ2v) is 12.8. The Bertz CT molecular complexity index is 1600. The van der Waals surface area contributed by atoms with Gasteiger partial charge in [0.15, 0.2) is 0 Å². The molecule has 0 aliphatic heterocycles. The van der Waals surface area contributed by atoms with E-state index in [9.17, 15) is 0 Å². The van der Waals surface area contributed by atoms with Crippen LogP contribution in [0.2, 0.25) is 0 Å². The number of benzene rings is 2. The highest BCUT2D eigenvalue weighted by atomic mass is 15.2. The minimum atomic E-state index is 0.795. The number of nitrogens with zero attached hydrogens (tertiary/aromatic N) is 3. The highest BCUT2D eigenvalue weighted by molar-refractivity contribution is 5.85. The van der Waals surface area contributed by atoms with Gasteiger partial charge in [-0.15, -0.1) is 0 Å². The van der Waals surface area contributed by atoms with Crippen molar-refractivity contribution < 1.29 is 0 Å². The monoisotopic (exact) mass is 630 g/mol. The standard InChI is InChI=1S/C41H54N6/c1-4-46(25-21-38-29-45-41-34(3)13-11-16-40(38)41)31-35-17-19-36(20-18-35)32-47(27-24-43-30-39-15-9-10-22-44-39)26-23-42-28-37-14-8-6-5-7-12-33(37)2/h5-6,8-11,13-20,22,29,42-43,45H,4,7,12,21,23-28,30-32H2,1-3H3/b6-5+,14-8-,37-33-. The summed E-state index contributed by atoms with van der Waals surface area (Å²) in [5.41, 5.74) is 10.7. The van der Waals surface area contributed by atoms with Gasteiger partial charge in [0.1, 0.15) is 0 Å². The van der Waals surface area contributed by atoms with E-state index < -0.39 is 0 Å². The number of para-hydroxylation sites is 1. The Morgan fingerprint density at radius 1 is 0.809 bits per heavy atom. The van der Waals surface area contributed by atoms with E-state index in [0.29, 0.717) is 0 Å². The van der Waals surface area contributed by atoms with Gasteiger partial charge in [0.25, 0.3) is 0 Å². The van der Waals surface area contributed by atoms with E-state index in [4.69, 9.17) is 0 Å². The molecule has 6 heteroatoms. The second-order valence-electron chi connectivity index (χ2n) is 12.8. The number of fused-ring (bicyclic) bond motifs is 1. The number of hydrogen-bond acceptors (Lipinski definition) is 5. The quantitative estimate of drug-likeness (QED) is 0.101. The van der Waals surface area contributed by atoms with Gasteiger partial charge in [0.2, 0.25) is 0 Å². The molecular weight excluding hydrogens is 576 g/mol. The molecule has 6 nitrogen and oxygen atoms in total. The Labute approximate surface area is 282 Å². The van der Waals surface area contributed by atoms with Crippen LogP contribution in [0.4, 0.5) is 0 Å². The molecule has 0 atom stereocenters. The van der Waals surface area contributed by atoms with Gasteiger partial charge in [0.05, 0.1) is 5.69 Å². The molecule has 248 valence electrons. The summed E-state index contributed by atoms with van der Waals surface area (Å²) in [5.74, 6) is 0. The third kappa shape index (κ3) is 10.9. The van der Waals surface area contributed by atoms with Crippen LogP contribution in [0.5, 0.6) is 0 Å². The van der Waals surface area contributed by atoms with Gasteiger partial charge in [-0.05, 0) is 79.6 Å². The van der Waals surface area contributed by atoms with Gasteiger partial charge >= 0.3 is 0 Å². The van der Waals surface area contributed by atoms with E-state index in [2.05, 4.69) is 136 Å². The number of aromatic nitrogens is 2. The lowest BCUT2D eigenvalue weighted by molar-refractivity contribution is 0.265. The summed E-state index contributed by atoms with van der Waals surface area (Å²) in [6, 6.07) is 22.0. The van der Waals surface area contributed by atoms with Gasteiger partial charge in [-0.2, -0.15) is 0 Å². The molecular formula is C41H54N6. The summed E-state index contributed by atoms with van der Waals surface area (Å²) >= 11 is 0. The van der Waals surface area contributed by atoms with Crippen molar-refractivity contribution in [3.63, 3.8) is 0 Å². The maximum absolute atomic E-state index is 4.46. The molecule has 0 unspecified atom stereocenters. The molecule has 0 amide bonds. The number of rotatable bonds is 18. The van der Waals surface area contributed by atoms with Crippen LogP contribution in [0.15, 0.2) is 109 Å². The fourth-order valence-corrected chi connectivity index (χ4v) is 6.31. The van der Waals surface area contributed by atoms with E-state index in [1.165, 1.54) is 44.3 Å². The minimum Gasteiger partial charge on any atom is -0.361 e. The third-order valence-corrected chi connectivity index (χ3v) is 9.33. The van der Waals surface area contributed by atoms with Crippen molar-refractivity contribution in [2.75, 3.05) is 45.8 Å². The third-order valence-electron chi connectivity index (χ3n) is 9.33. The normalized spacial score (nSPS) is 16.5. The van der Waals surface area contributed by atoms with Crippen molar-refractivity contribution in [3.05, 3.63) is 136 Å². The maximum atomic E-state index is 4.46. The van der Waals surface area contributed by atoms with Crippen LogP contribution in [0.1, 0.15) is 54.6 Å². The van der Waals surface area contributed by atoms with Crippen molar-refractivity contribution in [2.45, 2.75) is 59.7 Å². The smallest absolute Gasteiger partial charge is 0.0541 e. The van der Waals surface area contributed by atoms with Crippen molar-refractivity contribution in [3.8, 4) is 0 Å². The molecule has 1 aliphatic rings. The van der Waals surface area contributed by atoms with Crippen LogP contribution in [-0.4, -0.2) is 65.6 Å². The highest BCUT2D eigenvalue weighted by Crippen LogP contribution is 2.22. The number of H-pyrrole nitrogens is 1. The number of hydrogen-bond donors (Lipinski definition) is 3. The zero-order valence-corrected chi connectivity index (χ0v) is 28.8. The molecule has 0 saturated heterocycles. The molecule has 3 N–H and O–H groups in total. The molecule has 0 fully saturated rings. The van der Waals surface area contributed by atoms with Crippen molar-refractivity contribution >= 4 is 10.9 Å². The van der Waals surface area contributed by atoms with Crippen LogP contribution in [0.25, 0.3) is 10.9 Å². The largest absolute Gasteiger partial charge is 0.361 e. The molecule has 47 heavy (non-hydrogen) atoms. The van der Waals surface area contributed by atoms with Crippen LogP contribution in [-0.2, 0) is 26.1 Å².